The Labute approximate surface area is 99.3 Å². The van der Waals surface area contributed by atoms with Crippen LogP contribution in [-0.4, -0.2) is 5.78 Å². The zero-order chi connectivity index (χ0) is 12.0. The third kappa shape index (κ3) is 1.48. The Kier molecular flexibility index (Phi) is 2.76. The topological polar surface area (TPSA) is 17.1 Å². The fraction of sp³-hybridized carbons (Fsp3) is 0.800. The lowest BCUT2D eigenvalue weighted by atomic mass is 9.63. The van der Waals surface area contributed by atoms with Gasteiger partial charge < -0.3 is 0 Å². The molecule has 1 fully saturated rings. The molecule has 2 aliphatic rings. The number of Topliss-reactive ketones (excluding diaryl/α,β-unsaturated/α-hetero) is 1. The minimum absolute atomic E-state index is 0.122. The molecule has 0 bridgehead atoms. The van der Waals surface area contributed by atoms with Gasteiger partial charge in [0.15, 0.2) is 5.78 Å². The van der Waals surface area contributed by atoms with Crippen LogP contribution in [0.2, 0.25) is 0 Å². The maximum Gasteiger partial charge on any atom is 0.164 e. The molecule has 0 spiro atoms. The molecule has 2 rings (SSSR count). The summed E-state index contributed by atoms with van der Waals surface area (Å²) in [6, 6.07) is 0. The van der Waals surface area contributed by atoms with Crippen molar-refractivity contribution in [2.45, 2.75) is 59.8 Å². The van der Waals surface area contributed by atoms with Gasteiger partial charge in [-0.2, -0.15) is 0 Å². The summed E-state index contributed by atoms with van der Waals surface area (Å²) in [6.45, 7) is 9.04. The van der Waals surface area contributed by atoms with Gasteiger partial charge in [-0.15, -0.1) is 0 Å². The summed E-state index contributed by atoms with van der Waals surface area (Å²) in [5.41, 5.74) is 1.14. The van der Waals surface area contributed by atoms with Crippen LogP contribution in [0.15, 0.2) is 11.6 Å². The molecule has 16 heavy (non-hydrogen) atoms. The average Bonchev–Trinajstić information content (AvgIpc) is 2.82. The first-order valence-corrected chi connectivity index (χ1v) is 6.63. The van der Waals surface area contributed by atoms with Crippen molar-refractivity contribution in [3.63, 3.8) is 0 Å². The van der Waals surface area contributed by atoms with E-state index in [-0.39, 0.29) is 10.8 Å². The van der Waals surface area contributed by atoms with Crippen molar-refractivity contribution in [3.8, 4) is 0 Å². The normalized spacial score (nSPS) is 37.5. The minimum Gasteiger partial charge on any atom is -0.294 e. The second-order valence-corrected chi connectivity index (χ2v) is 6.44. The van der Waals surface area contributed by atoms with Crippen molar-refractivity contribution in [2.75, 3.05) is 0 Å². The van der Waals surface area contributed by atoms with Crippen LogP contribution in [0, 0.1) is 16.7 Å². The van der Waals surface area contributed by atoms with Gasteiger partial charge in [0.25, 0.3) is 0 Å². The molecule has 1 heteroatoms. The lowest BCUT2D eigenvalue weighted by Crippen LogP contribution is -2.40. The molecule has 90 valence electrons. The lowest BCUT2D eigenvalue weighted by molar-refractivity contribution is -0.129. The minimum atomic E-state index is -0.122. The number of hydrogen-bond acceptors (Lipinski definition) is 1. The number of carbonyl (C=O) groups excluding carboxylic acids is 1. The van der Waals surface area contributed by atoms with Gasteiger partial charge in [0.2, 0.25) is 0 Å². The molecule has 2 aliphatic carbocycles. The van der Waals surface area contributed by atoms with Crippen LogP contribution in [0.5, 0.6) is 0 Å². The summed E-state index contributed by atoms with van der Waals surface area (Å²) in [7, 11) is 0. The van der Waals surface area contributed by atoms with Crippen LogP contribution in [0.3, 0.4) is 0 Å². The molecule has 0 aromatic rings. The standard InChI is InChI=1S/C15H24O/c1-11-9-10-15(4,14(11,2)3)13(16)12-7-5-6-8-12/h7,11H,5-6,8-10H2,1-4H3. The zero-order valence-corrected chi connectivity index (χ0v) is 11.1. The molecule has 1 saturated carbocycles. The zero-order valence-electron chi connectivity index (χ0n) is 11.1. The quantitative estimate of drug-likeness (QED) is 0.684. The maximum absolute atomic E-state index is 12.7. The van der Waals surface area contributed by atoms with Gasteiger partial charge in [-0.1, -0.05) is 33.8 Å². The number of allylic oxidation sites excluding steroid dienone is 2. The highest BCUT2D eigenvalue weighted by Crippen LogP contribution is 2.57. The molecule has 0 aromatic heterocycles. The maximum atomic E-state index is 12.7. The summed E-state index contributed by atoms with van der Waals surface area (Å²) in [6.07, 6.45) is 7.73. The summed E-state index contributed by atoms with van der Waals surface area (Å²) >= 11 is 0. The number of rotatable bonds is 2. The highest BCUT2D eigenvalue weighted by Gasteiger charge is 2.54. The van der Waals surface area contributed by atoms with Gasteiger partial charge in [-0.25, -0.2) is 0 Å². The van der Waals surface area contributed by atoms with Gasteiger partial charge in [0.05, 0.1) is 0 Å². The molecule has 0 heterocycles. The summed E-state index contributed by atoms with van der Waals surface area (Å²) in [5, 5.41) is 0. The van der Waals surface area contributed by atoms with E-state index in [1.165, 1.54) is 12.8 Å². The number of hydrogen-bond donors (Lipinski definition) is 0. The lowest BCUT2D eigenvalue weighted by Gasteiger charge is -2.40. The Morgan fingerprint density at radius 3 is 2.50 bits per heavy atom. The van der Waals surface area contributed by atoms with Crippen LogP contribution < -0.4 is 0 Å². The van der Waals surface area contributed by atoms with Crippen molar-refractivity contribution >= 4 is 5.78 Å². The summed E-state index contributed by atoms with van der Waals surface area (Å²) in [4.78, 5) is 12.7. The van der Waals surface area contributed by atoms with Gasteiger partial charge in [0, 0.05) is 5.41 Å². The fourth-order valence-corrected chi connectivity index (χ4v) is 3.37. The monoisotopic (exact) mass is 220 g/mol. The van der Waals surface area contributed by atoms with Crippen LogP contribution >= 0.6 is 0 Å². The van der Waals surface area contributed by atoms with Crippen LogP contribution in [0.25, 0.3) is 0 Å². The van der Waals surface area contributed by atoms with E-state index in [1.807, 2.05) is 0 Å². The Balaban J connectivity index is 2.29. The summed E-state index contributed by atoms with van der Waals surface area (Å²) in [5.74, 6) is 1.10. The van der Waals surface area contributed by atoms with Crippen molar-refractivity contribution in [1.29, 1.82) is 0 Å². The summed E-state index contributed by atoms with van der Waals surface area (Å²) < 4.78 is 0. The number of ketones is 1. The molecule has 1 nitrogen and oxygen atoms in total. The van der Waals surface area contributed by atoms with E-state index in [0.717, 1.165) is 24.8 Å². The Hall–Kier alpha value is -0.590. The molecule has 0 saturated heterocycles. The molecule has 2 unspecified atom stereocenters. The SMILES string of the molecule is CC1CCC(C)(C(=O)C2=CCCC2)C1(C)C. The first-order chi connectivity index (χ1) is 7.39. The predicted molar refractivity (Wildman–Crippen MR) is 67.2 cm³/mol. The third-order valence-corrected chi connectivity index (χ3v) is 5.57. The Bertz CT molecular complexity index is 337. The molecule has 0 radical (unpaired) electrons. The van der Waals surface area contributed by atoms with Crippen molar-refractivity contribution in [1.82, 2.24) is 0 Å². The molecule has 0 amide bonds. The fourth-order valence-electron chi connectivity index (χ4n) is 3.37. The van der Waals surface area contributed by atoms with Crippen molar-refractivity contribution in [3.05, 3.63) is 11.6 Å². The van der Waals surface area contributed by atoms with Gasteiger partial charge in [0.1, 0.15) is 0 Å². The van der Waals surface area contributed by atoms with Gasteiger partial charge in [-0.3, -0.25) is 4.79 Å². The molecular formula is C15H24O. The second-order valence-electron chi connectivity index (χ2n) is 6.44. The largest absolute Gasteiger partial charge is 0.294 e. The van der Waals surface area contributed by atoms with Crippen molar-refractivity contribution in [2.24, 2.45) is 16.7 Å². The van der Waals surface area contributed by atoms with Gasteiger partial charge in [-0.05, 0) is 49.0 Å². The first kappa shape index (κ1) is 11.9. The van der Waals surface area contributed by atoms with E-state index < -0.39 is 0 Å². The van der Waals surface area contributed by atoms with E-state index in [1.54, 1.807) is 0 Å². The highest BCUT2D eigenvalue weighted by atomic mass is 16.1. The highest BCUT2D eigenvalue weighted by molar-refractivity contribution is 6.00. The van der Waals surface area contributed by atoms with Crippen LogP contribution in [0.1, 0.15) is 59.8 Å². The number of carbonyl (C=O) groups is 1. The Morgan fingerprint density at radius 1 is 1.38 bits per heavy atom. The molecule has 2 atom stereocenters. The van der Waals surface area contributed by atoms with Crippen molar-refractivity contribution < 1.29 is 4.79 Å². The van der Waals surface area contributed by atoms with E-state index >= 15 is 0 Å². The van der Waals surface area contributed by atoms with E-state index in [9.17, 15) is 4.79 Å². The first-order valence-electron chi connectivity index (χ1n) is 6.63. The van der Waals surface area contributed by atoms with Crippen LogP contribution in [0.4, 0.5) is 0 Å². The van der Waals surface area contributed by atoms with Gasteiger partial charge >= 0.3 is 0 Å². The third-order valence-electron chi connectivity index (χ3n) is 5.57. The van der Waals surface area contributed by atoms with E-state index in [0.29, 0.717) is 11.7 Å². The molecule has 0 N–H and O–H groups in total. The smallest absolute Gasteiger partial charge is 0.164 e. The van der Waals surface area contributed by atoms with Crippen LogP contribution in [-0.2, 0) is 4.79 Å². The van der Waals surface area contributed by atoms with E-state index in [2.05, 4.69) is 33.8 Å². The molecule has 0 aromatic carbocycles. The van der Waals surface area contributed by atoms with E-state index in [4.69, 9.17) is 0 Å². The molecule has 0 aliphatic heterocycles. The Morgan fingerprint density at radius 2 is 2.06 bits per heavy atom. The second kappa shape index (κ2) is 3.72. The predicted octanol–water partition coefficient (Wildman–Crippen LogP) is 4.13. The molecular weight excluding hydrogens is 196 g/mol. The average molecular weight is 220 g/mol.